The fourth-order valence-electron chi connectivity index (χ4n) is 1.55. The van der Waals surface area contributed by atoms with Crippen LogP contribution in [0.25, 0.3) is 0 Å². The predicted molar refractivity (Wildman–Crippen MR) is 79.0 cm³/mol. The molecule has 4 nitrogen and oxygen atoms in total. The van der Waals surface area contributed by atoms with Crippen LogP contribution in [0.2, 0.25) is 0 Å². The number of aromatic nitrogens is 1. The predicted octanol–water partition coefficient (Wildman–Crippen LogP) is 2.86. The number of rotatable bonds is 3. The number of hydrogen-bond acceptors (Lipinski definition) is 3. The molecule has 0 unspecified atom stereocenters. The van der Waals surface area contributed by atoms with Gasteiger partial charge in [-0.05, 0) is 36.2 Å². The van der Waals surface area contributed by atoms with Gasteiger partial charge in [-0.15, -0.1) is 0 Å². The smallest absolute Gasteiger partial charge is 0.274 e. The highest BCUT2D eigenvalue weighted by Crippen LogP contribution is 2.20. The van der Waals surface area contributed by atoms with E-state index >= 15 is 0 Å². The zero-order valence-electron chi connectivity index (χ0n) is 10.5. The van der Waals surface area contributed by atoms with Gasteiger partial charge in [0.15, 0.2) is 0 Å². The summed E-state index contributed by atoms with van der Waals surface area (Å²) in [4.78, 5) is 16.1. The van der Waals surface area contributed by atoms with Crippen LogP contribution in [0.5, 0.6) is 0 Å². The van der Waals surface area contributed by atoms with Crippen LogP contribution < -0.4 is 11.1 Å². The van der Waals surface area contributed by atoms with E-state index < -0.39 is 0 Å². The number of nitrogens with zero attached hydrogens (tertiary/aromatic N) is 1. The number of hydrogen-bond donors (Lipinski definition) is 2. The van der Waals surface area contributed by atoms with Gasteiger partial charge in [-0.25, -0.2) is 0 Å². The van der Waals surface area contributed by atoms with Crippen molar-refractivity contribution in [1.29, 1.82) is 0 Å². The van der Waals surface area contributed by atoms with Gasteiger partial charge >= 0.3 is 0 Å². The van der Waals surface area contributed by atoms with Crippen LogP contribution in [0.4, 0.5) is 5.69 Å². The van der Waals surface area contributed by atoms with E-state index in [0.717, 1.165) is 21.3 Å². The molecule has 0 saturated carbocycles. The fourth-order valence-corrected chi connectivity index (χ4v) is 1.92. The summed E-state index contributed by atoms with van der Waals surface area (Å²) in [5.74, 6) is -0.237. The Morgan fingerprint density at radius 1 is 1.37 bits per heavy atom. The number of pyridine rings is 1. The minimum Gasteiger partial charge on any atom is -0.326 e. The van der Waals surface area contributed by atoms with Gasteiger partial charge in [0.25, 0.3) is 5.91 Å². The Bertz CT molecular complexity index is 596. The highest BCUT2D eigenvalue weighted by molar-refractivity contribution is 9.10. The van der Waals surface area contributed by atoms with E-state index in [2.05, 4.69) is 26.2 Å². The van der Waals surface area contributed by atoms with E-state index in [-0.39, 0.29) is 5.91 Å². The van der Waals surface area contributed by atoms with Gasteiger partial charge < -0.3 is 11.1 Å². The third-order valence-corrected chi connectivity index (χ3v) is 3.58. The molecule has 1 aromatic carbocycles. The van der Waals surface area contributed by atoms with Crippen LogP contribution in [0.3, 0.4) is 0 Å². The summed E-state index contributed by atoms with van der Waals surface area (Å²) in [5, 5.41) is 2.80. The number of nitrogens with one attached hydrogen (secondary N) is 1. The quantitative estimate of drug-likeness (QED) is 0.914. The number of aryl methyl sites for hydroxylation is 1. The molecule has 98 valence electrons. The number of benzene rings is 1. The van der Waals surface area contributed by atoms with Crippen molar-refractivity contribution >= 4 is 27.5 Å². The lowest BCUT2D eigenvalue weighted by atomic mass is 10.2. The Hall–Kier alpha value is -1.72. The van der Waals surface area contributed by atoms with Crippen LogP contribution in [0.1, 0.15) is 21.6 Å². The van der Waals surface area contributed by atoms with Crippen molar-refractivity contribution in [1.82, 2.24) is 4.98 Å². The molecule has 0 atom stereocenters. The highest BCUT2D eigenvalue weighted by Gasteiger charge is 2.08. The molecule has 19 heavy (non-hydrogen) atoms. The third kappa shape index (κ3) is 3.39. The Labute approximate surface area is 120 Å². The van der Waals surface area contributed by atoms with E-state index in [1.807, 2.05) is 25.1 Å². The van der Waals surface area contributed by atoms with Gasteiger partial charge in [0.1, 0.15) is 5.69 Å². The first kappa shape index (κ1) is 13.7. The molecule has 0 aliphatic heterocycles. The van der Waals surface area contributed by atoms with Gasteiger partial charge in [-0.2, -0.15) is 0 Å². The van der Waals surface area contributed by atoms with Crippen LogP contribution in [-0.4, -0.2) is 10.9 Å². The first-order chi connectivity index (χ1) is 9.10. The van der Waals surface area contributed by atoms with E-state index in [1.165, 1.54) is 0 Å². The summed E-state index contributed by atoms with van der Waals surface area (Å²) in [6.07, 6.45) is 1.61. The molecular weight excluding hydrogens is 306 g/mol. The highest BCUT2D eigenvalue weighted by atomic mass is 79.9. The zero-order chi connectivity index (χ0) is 13.8. The lowest BCUT2D eigenvalue weighted by Gasteiger charge is -2.07. The number of amides is 1. The second kappa shape index (κ2) is 5.95. The Morgan fingerprint density at radius 3 is 2.74 bits per heavy atom. The Morgan fingerprint density at radius 2 is 2.16 bits per heavy atom. The summed E-state index contributed by atoms with van der Waals surface area (Å²) in [7, 11) is 0. The van der Waals surface area contributed by atoms with Crippen molar-refractivity contribution in [3.8, 4) is 0 Å². The van der Waals surface area contributed by atoms with Gasteiger partial charge in [0, 0.05) is 22.9 Å². The van der Waals surface area contributed by atoms with Gasteiger partial charge in [0.05, 0.1) is 0 Å². The topological polar surface area (TPSA) is 68.0 Å². The van der Waals surface area contributed by atoms with E-state index in [1.54, 1.807) is 18.3 Å². The first-order valence-corrected chi connectivity index (χ1v) is 6.62. The van der Waals surface area contributed by atoms with Gasteiger partial charge in [0.2, 0.25) is 0 Å². The number of carbonyl (C=O) groups is 1. The van der Waals surface area contributed by atoms with Crippen LogP contribution in [0, 0.1) is 6.92 Å². The molecule has 5 heteroatoms. The third-order valence-electron chi connectivity index (χ3n) is 2.72. The number of nitrogens with two attached hydrogens (primary N) is 1. The Balaban J connectivity index is 2.13. The average Bonchev–Trinajstić information content (AvgIpc) is 2.43. The van der Waals surface area contributed by atoms with Crippen molar-refractivity contribution in [2.24, 2.45) is 5.73 Å². The molecule has 0 bridgehead atoms. The first-order valence-electron chi connectivity index (χ1n) is 5.82. The summed E-state index contributed by atoms with van der Waals surface area (Å²) in [6, 6.07) is 9.12. The van der Waals surface area contributed by atoms with Crippen molar-refractivity contribution in [2.45, 2.75) is 13.5 Å². The molecule has 0 radical (unpaired) electrons. The van der Waals surface area contributed by atoms with Crippen molar-refractivity contribution in [2.75, 3.05) is 5.32 Å². The summed E-state index contributed by atoms with van der Waals surface area (Å²) in [6.45, 7) is 2.41. The van der Waals surface area contributed by atoms with Crippen LogP contribution >= 0.6 is 15.9 Å². The number of halogens is 1. The second-order valence-corrected chi connectivity index (χ2v) is 5.03. The Kier molecular flexibility index (Phi) is 4.29. The fraction of sp³-hybridized carbons (Fsp3) is 0.143. The lowest BCUT2D eigenvalue weighted by molar-refractivity contribution is 0.102. The largest absolute Gasteiger partial charge is 0.326 e. The minimum atomic E-state index is -0.237. The SMILES string of the molecule is Cc1ccc(NC(=O)c2ccc(CN)cn2)cc1Br. The normalized spacial score (nSPS) is 10.3. The van der Waals surface area contributed by atoms with Crippen molar-refractivity contribution in [3.05, 3.63) is 57.8 Å². The summed E-state index contributed by atoms with van der Waals surface area (Å²) >= 11 is 3.43. The molecule has 1 aromatic heterocycles. The number of carbonyl (C=O) groups excluding carboxylic acids is 1. The molecule has 3 N–H and O–H groups in total. The minimum absolute atomic E-state index is 0.237. The van der Waals surface area contributed by atoms with E-state index in [4.69, 9.17) is 5.73 Å². The second-order valence-electron chi connectivity index (χ2n) is 4.17. The molecule has 1 heterocycles. The number of anilines is 1. The molecule has 0 fully saturated rings. The monoisotopic (exact) mass is 319 g/mol. The molecule has 0 aliphatic carbocycles. The molecule has 0 aliphatic rings. The van der Waals surface area contributed by atoms with E-state index in [0.29, 0.717) is 12.2 Å². The maximum atomic E-state index is 12.0. The standard InChI is InChI=1S/C14H14BrN3O/c1-9-2-4-11(6-12(9)15)18-14(19)13-5-3-10(7-16)8-17-13/h2-6,8H,7,16H2,1H3,(H,18,19). The molecule has 0 saturated heterocycles. The lowest BCUT2D eigenvalue weighted by Crippen LogP contribution is -2.14. The van der Waals surface area contributed by atoms with Crippen LogP contribution in [0.15, 0.2) is 41.0 Å². The summed E-state index contributed by atoms with van der Waals surface area (Å²) < 4.78 is 0.955. The maximum Gasteiger partial charge on any atom is 0.274 e. The molecular formula is C14H14BrN3O. The zero-order valence-corrected chi connectivity index (χ0v) is 12.1. The van der Waals surface area contributed by atoms with Crippen LogP contribution in [-0.2, 0) is 6.54 Å². The molecule has 2 rings (SSSR count). The average molecular weight is 320 g/mol. The van der Waals surface area contributed by atoms with Crippen molar-refractivity contribution in [3.63, 3.8) is 0 Å². The molecule has 2 aromatic rings. The van der Waals surface area contributed by atoms with Gasteiger partial charge in [-0.3, -0.25) is 9.78 Å². The maximum absolute atomic E-state index is 12.0. The van der Waals surface area contributed by atoms with E-state index in [9.17, 15) is 4.79 Å². The molecule has 1 amide bonds. The van der Waals surface area contributed by atoms with Crippen molar-refractivity contribution < 1.29 is 4.79 Å². The van der Waals surface area contributed by atoms with Gasteiger partial charge in [-0.1, -0.05) is 28.1 Å². The molecule has 0 spiro atoms. The summed E-state index contributed by atoms with van der Waals surface area (Å²) in [5.41, 5.74) is 8.59.